The number of hydrogen-bond donors (Lipinski definition) is 1. The Morgan fingerprint density at radius 2 is 2.04 bits per heavy atom. The van der Waals surface area contributed by atoms with Crippen LogP contribution in [-0.2, 0) is 10.9 Å². The Labute approximate surface area is 137 Å². The summed E-state index contributed by atoms with van der Waals surface area (Å²) >= 11 is 3.00. The minimum Gasteiger partial charge on any atom is -0.464 e. The lowest BCUT2D eigenvalue weighted by molar-refractivity contribution is -0.137. The predicted molar refractivity (Wildman–Crippen MR) is 78.9 cm³/mol. The van der Waals surface area contributed by atoms with Gasteiger partial charge in [0.1, 0.15) is 6.07 Å². The largest absolute Gasteiger partial charge is 0.464 e. The van der Waals surface area contributed by atoms with Crippen molar-refractivity contribution in [1.82, 2.24) is 4.57 Å². The highest BCUT2D eigenvalue weighted by atomic mass is 79.9. The van der Waals surface area contributed by atoms with Crippen LogP contribution in [0.4, 0.5) is 18.9 Å². The van der Waals surface area contributed by atoms with Crippen LogP contribution in [0.15, 0.2) is 28.9 Å². The predicted octanol–water partition coefficient (Wildman–Crippen LogP) is 3.50. The molecule has 9 heteroatoms. The number of methoxy groups -OCH3 is 1. The number of rotatable bonds is 2. The van der Waals surface area contributed by atoms with E-state index in [0.29, 0.717) is 0 Å². The van der Waals surface area contributed by atoms with E-state index in [2.05, 4.69) is 20.7 Å². The highest BCUT2D eigenvalue weighted by Gasteiger charge is 2.32. The molecule has 0 aliphatic heterocycles. The van der Waals surface area contributed by atoms with E-state index in [1.54, 1.807) is 6.07 Å². The number of hydrogen-bond acceptors (Lipinski definition) is 4. The first-order valence-electron chi connectivity index (χ1n) is 6.06. The van der Waals surface area contributed by atoms with Crippen LogP contribution in [-0.4, -0.2) is 17.6 Å². The van der Waals surface area contributed by atoms with Gasteiger partial charge in [0.2, 0.25) is 0 Å². The average Bonchev–Trinajstić information content (AvgIpc) is 2.81. The second-order valence-corrected chi connectivity index (χ2v) is 5.39. The average molecular weight is 388 g/mol. The van der Waals surface area contributed by atoms with E-state index in [1.165, 1.54) is 12.3 Å². The van der Waals surface area contributed by atoms with Crippen LogP contribution in [0, 0.1) is 11.3 Å². The number of alkyl halides is 3. The molecular formula is C14H9BrF3N3O2. The molecule has 0 spiro atoms. The molecule has 0 fully saturated rings. The van der Waals surface area contributed by atoms with E-state index in [1.807, 2.05) is 0 Å². The Morgan fingerprint density at radius 3 is 2.57 bits per heavy atom. The number of aromatic nitrogens is 1. The molecular weight excluding hydrogens is 379 g/mol. The van der Waals surface area contributed by atoms with Crippen molar-refractivity contribution in [2.24, 2.45) is 0 Å². The molecule has 1 heterocycles. The van der Waals surface area contributed by atoms with Crippen molar-refractivity contribution >= 4 is 27.6 Å². The maximum absolute atomic E-state index is 12.9. The lowest BCUT2D eigenvalue weighted by atomic mass is 10.2. The second-order valence-electron chi connectivity index (χ2n) is 4.47. The SMILES string of the molecule is COC(=O)c1c(N)c(C#N)cn1-c1cc(Br)cc(C(F)(F)F)c1. The number of benzene rings is 1. The maximum atomic E-state index is 12.9. The van der Waals surface area contributed by atoms with Gasteiger partial charge in [-0.3, -0.25) is 0 Å². The molecule has 1 aromatic heterocycles. The fourth-order valence-electron chi connectivity index (χ4n) is 2.00. The molecule has 5 nitrogen and oxygen atoms in total. The van der Waals surface area contributed by atoms with E-state index >= 15 is 0 Å². The fourth-order valence-corrected chi connectivity index (χ4v) is 2.48. The number of ether oxygens (including phenoxy) is 1. The Bertz CT molecular complexity index is 822. The first-order valence-corrected chi connectivity index (χ1v) is 6.85. The van der Waals surface area contributed by atoms with E-state index in [4.69, 9.17) is 11.0 Å². The van der Waals surface area contributed by atoms with Crippen molar-refractivity contribution < 1.29 is 22.7 Å². The molecule has 0 saturated carbocycles. The summed E-state index contributed by atoms with van der Waals surface area (Å²) in [5.41, 5.74) is 4.40. The number of carbonyl (C=O) groups is 1. The van der Waals surface area contributed by atoms with Gasteiger partial charge >= 0.3 is 12.1 Å². The zero-order valence-corrected chi connectivity index (χ0v) is 13.2. The zero-order chi connectivity index (χ0) is 17.4. The number of nitrogens with two attached hydrogens (primary N) is 1. The first kappa shape index (κ1) is 16.9. The van der Waals surface area contributed by atoms with Gasteiger partial charge in [-0.05, 0) is 18.2 Å². The molecule has 0 radical (unpaired) electrons. The fraction of sp³-hybridized carbons (Fsp3) is 0.143. The maximum Gasteiger partial charge on any atom is 0.416 e. The van der Waals surface area contributed by atoms with Crippen molar-refractivity contribution in [3.8, 4) is 11.8 Å². The van der Waals surface area contributed by atoms with Gasteiger partial charge in [-0.25, -0.2) is 4.79 Å². The molecule has 2 aromatic rings. The van der Waals surface area contributed by atoms with Gasteiger partial charge < -0.3 is 15.0 Å². The lowest BCUT2D eigenvalue weighted by Gasteiger charge is -2.13. The molecule has 0 unspecified atom stereocenters. The van der Waals surface area contributed by atoms with E-state index in [0.717, 1.165) is 23.8 Å². The first-order chi connectivity index (χ1) is 10.7. The van der Waals surface area contributed by atoms with Crippen LogP contribution in [0.25, 0.3) is 5.69 Å². The number of anilines is 1. The number of nitriles is 1. The molecule has 0 saturated heterocycles. The Morgan fingerprint density at radius 1 is 1.39 bits per heavy atom. The molecule has 23 heavy (non-hydrogen) atoms. The summed E-state index contributed by atoms with van der Waals surface area (Å²) in [6.45, 7) is 0. The highest BCUT2D eigenvalue weighted by Crippen LogP contribution is 2.34. The third-order valence-electron chi connectivity index (χ3n) is 3.03. The number of nitrogen functional groups attached to an aromatic ring is 1. The van der Waals surface area contributed by atoms with Gasteiger partial charge in [0.15, 0.2) is 5.69 Å². The third-order valence-corrected chi connectivity index (χ3v) is 3.49. The zero-order valence-electron chi connectivity index (χ0n) is 11.6. The molecule has 2 N–H and O–H groups in total. The highest BCUT2D eigenvalue weighted by molar-refractivity contribution is 9.10. The minimum absolute atomic E-state index is 0.0142. The van der Waals surface area contributed by atoms with Crippen molar-refractivity contribution in [2.45, 2.75) is 6.18 Å². The summed E-state index contributed by atoms with van der Waals surface area (Å²) in [6.07, 6.45) is -3.38. The molecule has 0 aliphatic rings. The summed E-state index contributed by atoms with van der Waals surface area (Å²) in [7, 11) is 1.10. The number of halogens is 4. The summed E-state index contributed by atoms with van der Waals surface area (Å²) in [4.78, 5) is 11.9. The van der Waals surface area contributed by atoms with Gasteiger partial charge in [-0.15, -0.1) is 0 Å². The molecule has 0 bridgehead atoms. The summed E-state index contributed by atoms with van der Waals surface area (Å²) in [5, 5.41) is 9.01. The molecule has 0 atom stereocenters. The minimum atomic E-state index is -4.57. The van der Waals surface area contributed by atoms with Gasteiger partial charge in [0.25, 0.3) is 0 Å². The van der Waals surface area contributed by atoms with E-state index in [9.17, 15) is 18.0 Å². The van der Waals surface area contributed by atoms with Crippen LogP contribution in [0.3, 0.4) is 0 Å². The topological polar surface area (TPSA) is 81.0 Å². The van der Waals surface area contributed by atoms with Crippen LogP contribution in [0.1, 0.15) is 21.6 Å². The van der Waals surface area contributed by atoms with Crippen molar-refractivity contribution in [1.29, 1.82) is 5.26 Å². The Kier molecular flexibility index (Phi) is 4.38. The van der Waals surface area contributed by atoms with Crippen LogP contribution in [0.2, 0.25) is 0 Å². The lowest BCUT2D eigenvalue weighted by Crippen LogP contribution is -2.12. The van der Waals surface area contributed by atoms with Gasteiger partial charge in [0, 0.05) is 16.4 Å². The van der Waals surface area contributed by atoms with Gasteiger partial charge in [0.05, 0.1) is 23.9 Å². The van der Waals surface area contributed by atoms with Crippen LogP contribution in [0.5, 0.6) is 0 Å². The Hall–Kier alpha value is -2.47. The van der Waals surface area contributed by atoms with Gasteiger partial charge in [-0.2, -0.15) is 18.4 Å². The van der Waals surface area contributed by atoms with Crippen molar-refractivity contribution in [3.63, 3.8) is 0 Å². The number of carbonyl (C=O) groups excluding carboxylic acids is 1. The summed E-state index contributed by atoms with van der Waals surface area (Å²) in [6, 6.07) is 4.89. The normalized spacial score (nSPS) is 11.1. The summed E-state index contributed by atoms with van der Waals surface area (Å²) in [5.74, 6) is -0.863. The third kappa shape index (κ3) is 3.17. The van der Waals surface area contributed by atoms with Crippen LogP contribution >= 0.6 is 15.9 Å². The van der Waals surface area contributed by atoms with Crippen molar-refractivity contribution in [2.75, 3.05) is 12.8 Å². The van der Waals surface area contributed by atoms with Crippen LogP contribution < -0.4 is 5.73 Å². The second kappa shape index (κ2) is 5.96. The standard InChI is InChI=1S/C14H9BrF3N3O2/c1-23-13(22)12-11(20)7(5-19)6-21(12)10-3-8(14(16,17)18)2-9(15)4-10/h2-4,6H,20H2,1H3. The van der Waals surface area contributed by atoms with E-state index < -0.39 is 17.7 Å². The Balaban J connectivity index is 2.75. The monoisotopic (exact) mass is 387 g/mol. The van der Waals surface area contributed by atoms with E-state index in [-0.39, 0.29) is 27.1 Å². The smallest absolute Gasteiger partial charge is 0.416 e. The molecule has 2 rings (SSSR count). The van der Waals surface area contributed by atoms with Crippen molar-refractivity contribution in [3.05, 3.63) is 45.7 Å². The molecule has 0 aliphatic carbocycles. The number of esters is 1. The molecule has 1 aromatic carbocycles. The summed E-state index contributed by atoms with van der Waals surface area (Å²) < 4.78 is 44.7. The molecule has 120 valence electrons. The van der Waals surface area contributed by atoms with Gasteiger partial charge in [-0.1, -0.05) is 15.9 Å². The molecule has 0 amide bonds. The number of nitrogens with zero attached hydrogens (tertiary/aromatic N) is 2. The quantitative estimate of drug-likeness (QED) is 0.799.